The van der Waals surface area contributed by atoms with Crippen LogP contribution in [-0.4, -0.2) is 40.3 Å². The van der Waals surface area contributed by atoms with Gasteiger partial charge in [-0.25, -0.2) is 0 Å². The van der Waals surface area contributed by atoms with Gasteiger partial charge in [-0.15, -0.1) is 0 Å². The molecule has 0 fully saturated rings. The van der Waals surface area contributed by atoms with Crippen molar-refractivity contribution in [3.05, 3.63) is 0 Å². The molecule has 0 aliphatic heterocycles. The zero-order chi connectivity index (χ0) is 13.1. The molecule has 0 amide bonds. The van der Waals surface area contributed by atoms with Crippen molar-refractivity contribution in [2.24, 2.45) is 0 Å². The molecule has 3 nitrogen and oxygen atoms in total. The predicted octanol–water partition coefficient (Wildman–Crippen LogP) is 2.51. The van der Waals surface area contributed by atoms with E-state index in [9.17, 15) is 18.0 Å². The second-order valence-electron chi connectivity index (χ2n) is 4.27. The van der Waals surface area contributed by atoms with Gasteiger partial charge in [-0.3, -0.25) is 9.69 Å². The molecule has 1 N–H and O–H groups in total. The summed E-state index contributed by atoms with van der Waals surface area (Å²) in [5.41, 5.74) is -1.48. The lowest BCUT2D eigenvalue weighted by molar-refractivity contribution is -0.177. The minimum absolute atomic E-state index is 0.122. The zero-order valence-electron chi connectivity index (χ0n) is 9.93. The first kappa shape index (κ1) is 15.2. The highest BCUT2D eigenvalue weighted by Gasteiger charge is 2.44. The number of carboxylic acid groups (broad SMARTS) is 1. The summed E-state index contributed by atoms with van der Waals surface area (Å²) < 4.78 is 37.1. The molecule has 96 valence electrons. The average molecular weight is 241 g/mol. The van der Waals surface area contributed by atoms with Crippen LogP contribution in [0.5, 0.6) is 0 Å². The molecule has 1 atom stereocenters. The average Bonchev–Trinajstić information content (AvgIpc) is 2.10. The van der Waals surface area contributed by atoms with Gasteiger partial charge in [0.05, 0.1) is 6.54 Å². The first-order chi connectivity index (χ1) is 7.04. The smallest absolute Gasteiger partial charge is 0.401 e. The summed E-state index contributed by atoms with van der Waals surface area (Å²) in [4.78, 5) is 12.0. The predicted molar refractivity (Wildman–Crippen MR) is 54.2 cm³/mol. The van der Waals surface area contributed by atoms with Crippen molar-refractivity contribution in [3.8, 4) is 0 Å². The van der Waals surface area contributed by atoms with E-state index in [0.717, 1.165) is 4.90 Å². The number of alkyl halides is 3. The summed E-state index contributed by atoms with van der Waals surface area (Å²) >= 11 is 0. The normalized spacial score (nSPS) is 16.6. The highest BCUT2D eigenvalue weighted by Crippen LogP contribution is 2.27. The summed E-state index contributed by atoms with van der Waals surface area (Å²) in [7, 11) is 0. The van der Waals surface area contributed by atoms with Gasteiger partial charge in [0.2, 0.25) is 0 Å². The fraction of sp³-hybridized carbons (Fsp3) is 0.900. The third-order valence-electron chi connectivity index (χ3n) is 2.76. The molecular weight excluding hydrogens is 223 g/mol. The Morgan fingerprint density at radius 2 is 1.81 bits per heavy atom. The van der Waals surface area contributed by atoms with Gasteiger partial charge in [-0.05, 0) is 27.2 Å². The molecule has 0 saturated carbocycles. The maximum Gasteiger partial charge on any atom is 0.401 e. The molecule has 0 bridgehead atoms. The van der Waals surface area contributed by atoms with Crippen LogP contribution in [0.1, 0.15) is 34.1 Å². The van der Waals surface area contributed by atoms with E-state index < -0.39 is 30.3 Å². The van der Waals surface area contributed by atoms with Crippen LogP contribution in [0.25, 0.3) is 0 Å². The van der Waals surface area contributed by atoms with Crippen molar-refractivity contribution in [3.63, 3.8) is 0 Å². The Morgan fingerprint density at radius 3 is 2.00 bits per heavy atom. The quantitative estimate of drug-likeness (QED) is 0.804. The van der Waals surface area contributed by atoms with Crippen LogP contribution in [0.2, 0.25) is 0 Å². The van der Waals surface area contributed by atoms with Crippen LogP contribution in [0.4, 0.5) is 13.2 Å². The van der Waals surface area contributed by atoms with Gasteiger partial charge in [0.15, 0.2) is 0 Å². The Kier molecular flexibility index (Phi) is 4.79. The minimum atomic E-state index is -4.39. The number of carboxylic acids is 1. The topological polar surface area (TPSA) is 40.5 Å². The lowest BCUT2D eigenvalue weighted by atomic mass is 9.94. The van der Waals surface area contributed by atoms with Crippen molar-refractivity contribution >= 4 is 5.97 Å². The van der Waals surface area contributed by atoms with E-state index in [-0.39, 0.29) is 6.42 Å². The largest absolute Gasteiger partial charge is 0.480 e. The number of rotatable bonds is 5. The molecular formula is C10H18F3NO2. The highest BCUT2D eigenvalue weighted by molar-refractivity contribution is 5.78. The highest BCUT2D eigenvalue weighted by atomic mass is 19.4. The molecule has 0 aliphatic rings. The maximum absolute atomic E-state index is 12.4. The third kappa shape index (κ3) is 3.66. The van der Waals surface area contributed by atoms with Gasteiger partial charge >= 0.3 is 12.1 Å². The van der Waals surface area contributed by atoms with E-state index in [1.165, 1.54) is 6.92 Å². The van der Waals surface area contributed by atoms with Gasteiger partial charge < -0.3 is 5.11 Å². The van der Waals surface area contributed by atoms with Crippen molar-refractivity contribution in [1.82, 2.24) is 4.90 Å². The molecule has 0 aromatic rings. The zero-order valence-corrected chi connectivity index (χ0v) is 9.93. The SMILES string of the molecule is CCC(C)(C(=O)O)N(CC(F)(F)F)C(C)C. The summed E-state index contributed by atoms with van der Waals surface area (Å²) in [5, 5.41) is 9.04. The van der Waals surface area contributed by atoms with Crippen LogP contribution in [0.15, 0.2) is 0 Å². The Morgan fingerprint density at radius 1 is 1.38 bits per heavy atom. The van der Waals surface area contributed by atoms with E-state index in [4.69, 9.17) is 5.11 Å². The molecule has 0 saturated heterocycles. The molecule has 1 unspecified atom stereocenters. The summed E-state index contributed by atoms with van der Waals surface area (Å²) in [5.74, 6) is -1.23. The molecule has 0 radical (unpaired) electrons. The fourth-order valence-corrected chi connectivity index (χ4v) is 1.60. The standard InChI is InChI=1S/C10H18F3NO2/c1-5-9(4,8(15)16)14(7(2)3)6-10(11,12)13/h7H,5-6H2,1-4H3,(H,15,16). The summed E-state index contributed by atoms with van der Waals surface area (Å²) in [6.07, 6.45) is -4.27. The lowest BCUT2D eigenvalue weighted by Crippen LogP contribution is -2.57. The van der Waals surface area contributed by atoms with E-state index in [2.05, 4.69) is 0 Å². The third-order valence-corrected chi connectivity index (χ3v) is 2.76. The fourth-order valence-electron chi connectivity index (χ4n) is 1.60. The van der Waals surface area contributed by atoms with E-state index >= 15 is 0 Å². The number of nitrogens with zero attached hydrogens (tertiary/aromatic N) is 1. The summed E-state index contributed by atoms with van der Waals surface area (Å²) in [6.45, 7) is 4.80. The molecule has 0 spiro atoms. The number of aliphatic carboxylic acids is 1. The van der Waals surface area contributed by atoms with Crippen LogP contribution in [0, 0.1) is 0 Å². The lowest BCUT2D eigenvalue weighted by Gasteiger charge is -2.40. The Balaban J connectivity index is 5.10. The van der Waals surface area contributed by atoms with Gasteiger partial charge in [0, 0.05) is 6.04 Å². The first-order valence-corrected chi connectivity index (χ1v) is 5.11. The van der Waals surface area contributed by atoms with Gasteiger partial charge in [0.25, 0.3) is 0 Å². The number of carbonyl (C=O) groups is 1. The molecule has 0 aliphatic carbocycles. The molecule has 16 heavy (non-hydrogen) atoms. The molecule has 0 aromatic heterocycles. The number of hydrogen-bond donors (Lipinski definition) is 1. The van der Waals surface area contributed by atoms with Crippen LogP contribution >= 0.6 is 0 Å². The van der Waals surface area contributed by atoms with Gasteiger partial charge in [-0.1, -0.05) is 6.92 Å². The molecule has 6 heteroatoms. The monoisotopic (exact) mass is 241 g/mol. The van der Waals surface area contributed by atoms with Crippen LogP contribution in [-0.2, 0) is 4.79 Å². The second kappa shape index (κ2) is 5.03. The number of hydrogen-bond acceptors (Lipinski definition) is 2. The van der Waals surface area contributed by atoms with E-state index in [1.54, 1.807) is 20.8 Å². The Bertz CT molecular complexity index is 253. The van der Waals surface area contributed by atoms with Gasteiger partial charge in [-0.2, -0.15) is 13.2 Å². The second-order valence-corrected chi connectivity index (χ2v) is 4.27. The maximum atomic E-state index is 12.4. The molecule has 0 rings (SSSR count). The first-order valence-electron chi connectivity index (χ1n) is 5.11. The van der Waals surface area contributed by atoms with E-state index in [1.807, 2.05) is 0 Å². The van der Waals surface area contributed by atoms with Crippen LogP contribution < -0.4 is 0 Å². The van der Waals surface area contributed by atoms with Crippen molar-refractivity contribution in [2.45, 2.75) is 51.9 Å². The molecule has 0 heterocycles. The van der Waals surface area contributed by atoms with Crippen molar-refractivity contribution in [2.75, 3.05) is 6.54 Å². The Labute approximate surface area is 93.2 Å². The summed E-state index contributed by atoms with van der Waals surface area (Å²) in [6, 6.07) is -0.484. The number of halogens is 3. The minimum Gasteiger partial charge on any atom is -0.480 e. The molecule has 0 aromatic carbocycles. The Hall–Kier alpha value is -0.780. The van der Waals surface area contributed by atoms with Gasteiger partial charge in [0.1, 0.15) is 5.54 Å². The van der Waals surface area contributed by atoms with E-state index in [0.29, 0.717) is 0 Å². The van der Waals surface area contributed by atoms with Crippen molar-refractivity contribution < 1.29 is 23.1 Å². The van der Waals surface area contributed by atoms with Crippen LogP contribution in [0.3, 0.4) is 0 Å². The van der Waals surface area contributed by atoms with Crippen molar-refractivity contribution in [1.29, 1.82) is 0 Å².